The Balaban J connectivity index is 1.18. The summed E-state index contributed by atoms with van der Waals surface area (Å²) in [5.74, 6) is 1.49. The Kier molecular flexibility index (Phi) is 32.3. The van der Waals surface area contributed by atoms with Crippen LogP contribution in [0.3, 0.4) is 0 Å². The zero-order valence-corrected chi connectivity index (χ0v) is 54.5. The molecule has 2 amide bonds. The van der Waals surface area contributed by atoms with Crippen molar-refractivity contribution in [1.29, 1.82) is 0 Å². The molecule has 0 saturated heterocycles. The molecular formula is C75H116N2O2S2. The molecule has 0 spiro atoms. The number of hydrogen-bond donors (Lipinski definition) is 0. The molecule has 0 fully saturated rings. The molecule has 0 unspecified atom stereocenters. The molecule has 450 valence electrons. The lowest BCUT2D eigenvalue weighted by Gasteiger charge is -2.21. The Hall–Kier alpha value is -3.48. The molecule has 0 bridgehead atoms. The van der Waals surface area contributed by atoms with Crippen LogP contribution in [0.1, 0.15) is 313 Å². The summed E-state index contributed by atoms with van der Waals surface area (Å²) in [5, 5.41) is 0. The van der Waals surface area contributed by atoms with Gasteiger partial charge >= 0.3 is 0 Å². The van der Waals surface area contributed by atoms with Gasteiger partial charge in [0, 0.05) is 43.7 Å². The second-order valence-electron chi connectivity index (χ2n) is 25.4. The van der Waals surface area contributed by atoms with Gasteiger partial charge in [-0.2, -0.15) is 0 Å². The van der Waals surface area contributed by atoms with Crippen molar-refractivity contribution < 1.29 is 9.59 Å². The maximum Gasteiger partial charge on any atom is 0.259 e. The van der Waals surface area contributed by atoms with Gasteiger partial charge in [0.15, 0.2) is 0 Å². The van der Waals surface area contributed by atoms with E-state index in [1.807, 2.05) is 22.7 Å². The topological polar surface area (TPSA) is 40.6 Å². The second-order valence-corrected chi connectivity index (χ2v) is 27.8. The van der Waals surface area contributed by atoms with E-state index in [4.69, 9.17) is 0 Å². The lowest BCUT2D eigenvalue weighted by molar-refractivity contribution is -0.114. The molecule has 0 atom stereocenters. The Bertz CT molecular complexity index is 2360. The normalized spacial score (nSPS) is 14.3. The van der Waals surface area contributed by atoms with Crippen LogP contribution in [-0.2, 0) is 9.59 Å². The fourth-order valence-corrected chi connectivity index (χ4v) is 15.4. The van der Waals surface area contributed by atoms with Gasteiger partial charge in [0.1, 0.15) is 0 Å². The number of fused-ring (bicyclic) bond motifs is 2. The minimum atomic E-state index is 0.00465. The standard InChI is InChI=1S/C75H116N2O2S2/c1-7-11-15-19-23-27-31-35-42-62(43-36-32-28-24-20-16-12-8-2)46-39-40-56-76-68-59-64(69-54-55-71(81-69)70-53-49-61(6)80-70)50-52-66(68)73(74(76)78)72-65-51-48-60(5)58-67(65)77(75(72)79)57-41-47-63(44-37-33-29-25-21-17-13-9-3)45-38-34-30-26-22-18-14-10-4/h48-55,58-59,62-63H,7-47,56-57H2,1-6H3/b73-72+. The number of aryl methyl sites for hydroxylation is 2. The van der Waals surface area contributed by atoms with E-state index >= 15 is 9.59 Å². The maximum atomic E-state index is 15.4. The van der Waals surface area contributed by atoms with Crippen LogP contribution in [0.5, 0.6) is 0 Å². The molecule has 81 heavy (non-hydrogen) atoms. The van der Waals surface area contributed by atoms with E-state index in [0.29, 0.717) is 30.2 Å². The minimum absolute atomic E-state index is 0.00465. The summed E-state index contributed by atoms with van der Waals surface area (Å²) in [4.78, 5) is 40.0. The van der Waals surface area contributed by atoms with E-state index in [9.17, 15) is 0 Å². The number of hydrogen-bond acceptors (Lipinski definition) is 4. The molecule has 0 radical (unpaired) electrons. The molecule has 4 heterocycles. The van der Waals surface area contributed by atoms with Crippen LogP contribution in [0.2, 0.25) is 0 Å². The smallest absolute Gasteiger partial charge is 0.259 e. The summed E-state index contributed by atoms with van der Waals surface area (Å²) in [5.41, 5.74) is 7.33. The first-order chi connectivity index (χ1) is 39.8. The Morgan fingerprint density at radius 1 is 0.346 bits per heavy atom. The highest BCUT2D eigenvalue weighted by molar-refractivity contribution is 7.23. The average Bonchev–Trinajstić information content (AvgIpc) is 4.46. The molecule has 0 N–H and O–H groups in total. The van der Waals surface area contributed by atoms with Gasteiger partial charge < -0.3 is 9.80 Å². The summed E-state index contributed by atoms with van der Waals surface area (Å²) in [6.45, 7) is 14.9. The molecule has 0 saturated carbocycles. The van der Waals surface area contributed by atoms with Gasteiger partial charge in [-0.1, -0.05) is 296 Å². The van der Waals surface area contributed by atoms with Crippen LogP contribution in [-0.4, -0.2) is 24.9 Å². The molecule has 4 aromatic rings. The number of carbonyl (C=O) groups excluding carboxylic acids is 2. The number of thiophene rings is 2. The molecule has 4 nitrogen and oxygen atoms in total. The number of nitrogens with zero attached hydrogens (tertiary/aromatic N) is 2. The van der Waals surface area contributed by atoms with Crippen molar-refractivity contribution in [2.45, 2.75) is 305 Å². The summed E-state index contributed by atoms with van der Waals surface area (Å²) in [6.07, 6.45) is 54.6. The van der Waals surface area contributed by atoms with Crippen molar-refractivity contribution in [2.24, 2.45) is 11.8 Å². The van der Waals surface area contributed by atoms with E-state index in [1.54, 1.807) is 0 Å². The first-order valence-corrected chi connectivity index (χ1v) is 36.2. The summed E-state index contributed by atoms with van der Waals surface area (Å²) in [7, 11) is 0. The number of benzene rings is 2. The van der Waals surface area contributed by atoms with E-state index in [2.05, 4.69) is 112 Å². The van der Waals surface area contributed by atoms with Crippen molar-refractivity contribution in [2.75, 3.05) is 22.9 Å². The predicted octanol–water partition coefficient (Wildman–Crippen LogP) is 24.7. The first kappa shape index (κ1) is 66.7. The Labute approximate surface area is 505 Å². The second kappa shape index (κ2) is 39.2. The Morgan fingerprint density at radius 2 is 0.691 bits per heavy atom. The third-order valence-corrected chi connectivity index (χ3v) is 20.7. The van der Waals surface area contributed by atoms with Crippen molar-refractivity contribution in [3.05, 3.63) is 82.2 Å². The summed E-state index contributed by atoms with van der Waals surface area (Å²) < 4.78 is 0. The van der Waals surface area contributed by atoms with Gasteiger partial charge in [0.2, 0.25) is 0 Å². The number of anilines is 2. The van der Waals surface area contributed by atoms with Gasteiger partial charge in [-0.15, -0.1) is 22.7 Å². The van der Waals surface area contributed by atoms with Crippen LogP contribution < -0.4 is 9.80 Å². The number of rotatable bonds is 47. The van der Waals surface area contributed by atoms with Gasteiger partial charge in [0.05, 0.1) is 22.5 Å². The van der Waals surface area contributed by atoms with Crippen molar-refractivity contribution in [3.63, 3.8) is 0 Å². The lowest BCUT2D eigenvalue weighted by atomic mass is 9.89. The monoisotopic (exact) mass is 1140 g/mol. The Morgan fingerprint density at radius 3 is 1.12 bits per heavy atom. The van der Waals surface area contributed by atoms with Crippen LogP contribution in [0.15, 0.2) is 60.7 Å². The van der Waals surface area contributed by atoms with E-state index in [1.165, 1.54) is 257 Å². The van der Waals surface area contributed by atoms with Crippen LogP contribution >= 0.6 is 22.7 Å². The van der Waals surface area contributed by atoms with Crippen molar-refractivity contribution in [1.82, 2.24) is 0 Å². The van der Waals surface area contributed by atoms with Gasteiger partial charge in [-0.3, -0.25) is 9.59 Å². The zero-order chi connectivity index (χ0) is 57.3. The largest absolute Gasteiger partial charge is 0.308 e. The maximum absolute atomic E-state index is 15.4. The van der Waals surface area contributed by atoms with E-state index in [-0.39, 0.29) is 11.8 Å². The lowest BCUT2D eigenvalue weighted by Crippen LogP contribution is -2.30. The first-order valence-electron chi connectivity index (χ1n) is 34.6. The molecule has 2 aromatic heterocycles. The van der Waals surface area contributed by atoms with Crippen molar-refractivity contribution in [3.8, 4) is 20.2 Å². The average molecular weight is 1140 g/mol. The fraction of sp³-hybridized carbons (Fsp3) is 0.680. The summed E-state index contributed by atoms with van der Waals surface area (Å²) in [6, 6.07) is 22.1. The highest BCUT2D eigenvalue weighted by Gasteiger charge is 2.42. The molecular weight excluding hydrogens is 1020 g/mol. The molecule has 2 aliphatic heterocycles. The molecule has 6 rings (SSSR count). The number of amides is 2. The number of unbranched alkanes of at least 4 members (excludes halogenated alkanes) is 29. The number of carbonyl (C=O) groups is 2. The van der Waals surface area contributed by atoms with Crippen LogP contribution in [0.25, 0.3) is 31.3 Å². The quantitative estimate of drug-likeness (QED) is 0.0327. The zero-order valence-electron chi connectivity index (χ0n) is 52.9. The van der Waals surface area contributed by atoms with Gasteiger partial charge in [0.25, 0.3) is 11.8 Å². The molecule has 0 aliphatic carbocycles. The van der Waals surface area contributed by atoms with Crippen LogP contribution in [0, 0.1) is 25.7 Å². The van der Waals surface area contributed by atoms with Gasteiger partial charge in [-0.25, -0.2) is 0 Å². The van der Waals surface area contributed by atoms with Crippen molar-refractivity contribution >= 4 is 57.0 Å². The highest BCUT2D eigenvalue weighted by atomic mass is 32.1. The third kappa shape index (κ3) is 22.5. The van der Waals surface area contributed by atoms with Crippen LogP contribution in [0.4, 0.5) is 11.4 Å². The summed E-state index contributed by atoms with van der Waals surface area (Å²) >= 11 is 3.68. The molecule has 2 aliphatic rings. The highest BCUT2D eigenvalue weighted by Crippen LogP contribution is 2.49. The van der Waals surface area contributed by atoms with E-state index < -0.39 is 0 Å². The molecule has 6 heteroatoms. The predicted molar refractivity (Wildman–Crippen MR) is 359 cm³/mol. The SMILES string of the molecule is CCCCCCCCCCC(CCCCCCCCCC)CCCCN1C(=O)/C(=C2/C(=O)N(CCCC(CCCCCCCCCC)CCCCCCCCCC)c3cc(C)ccc32)c2ccc(-c3ccc(-c4ccc(C)s4)s3)cc21. The van der Waals surface area contributed by atoms with E-state index in [0.717, 1.165) is 65.2 Å². The van der Waals surface area contributed by atoms with Gasteiger partial charge in [-0.05, 0) is 92.5 Å². The fourth-order valence-electron chi connectivity index (χ4n) is 13.4. The third-order valence-electron chi connectivity index (χ3n) is 18.4. The minimum Gasteiger partial charge on any atom is -0.308 e. The molecule has 2 aromatic carbocycles.